The molecule has 6 heteroatoms. The number of esters is 1. The van der Waals surface area contributed by atoms with E-state index < -0.39 is 5.97 Å². The number of aryl methyl sites for hydroxylation is 1. The van der Waals surface area contributed by atoms with Crippen molar-refractivity contribution in [3.63, 3.8) is 0 Å². The molecule has 0 aliphatic heterocycles. The molecular weight excluding hydrogens is 266 g/mol. The van der Waals surface area contributed by atoms with E-state index in [1.807, 2.05) is 13.8 Å². The first-order chi connectivity index (χ1) is 9.04. The summed E-state index contributed by atoms with van der Waals surface area (Å²) >= 11 is 1.39. The van der Waals surface area contributed by atoms with Crippen molar-refractivity contribution in [1.82, 2.24) is 0 Å². The fraction of sp³-hybridized carbons (Fsp3) is 0.538. The largest absolute Gasteiger partial charge is 0.462 e. The summed E-state index contributed by atoms with van der Waals surface area (Å²) in [5.74, 6) is -0.673. The van der Waals surface area contributed by atoms with Crippen LogP contribution in [0.5, 0.6) is 0 Å². The molecule has 0 unspecified atom stereocenters. The number of anilines is 1. The van der Waals surface area contributed by atoms with Gasteiger partial charge in [0.1, 0.15) is 11.6 Å². The zero-order valence-electron chi connectivity index (χ0n) is 11.7. The van der Waals surface area contributed by atoms with Crippen molar-refractivity contribution < 1.29 is 19.1 Å². The van der Waals surface area contributed by atoms with Crippen LogP contribution in [0.4, 0.5) is 5.00 Å². The Labute approximate surface area is 116 Å². The highest BCUT2D eigenvalue weighted by Gasteiger charge is 2.23. The van der Waals surface area contributed by atoms with Crippen LogP contribution in [0.15, 0.2) is 0 Å². The highest BCUT2D eigenvalue weighted by atomic mass is 32.1. The molecule has 5 nitrogen and oxygen atoms in total. The lowest BCUT2D eigenvalue weighted by Crippen LogP contribution is -2.18. The summed E-state index contributed by atoms with van der Waals surface area (Å²) in [6.45, 7) is 5.92. The summed E-state index contributed by atoms with van der Waals surface area (Å²) in [7, 11) is 1.45. The molecule has 106 valence electrons. The summed E-state index contributed by atoms with van der Waals surface area (Å²) in [4.78, 5) is 24.6. The summed E-state index contributed by atoms with van der Waals surface area (Å²) in [6, 6.07) is 0. The molecule has 0 aliphatic carbocycles. The van der Waals surface area contributed by atoms with Crippen molar-refractivity contribution in [2.24, 2.45) is 0 Å². The summed E-state index contributed by atoms with van der Waals surface area (Å²) < 4.78 is 9.81. The average molecular weight is 285 g/mol. The van der Waals surface area contributed by atoms with Crippen molar-refractivity contribution in [3.8, 4) is 0 Å². The molecule has 0 atom stereocenters. The van der Waals surface area contributed by atoms with Crippen molar-refractivity contribution in [2.75, 3.05) is 25.6 Å². The van der Waals surface area contributed by atoms with Gasteiger partial charge in [0, 0.05) is 12.0 Å². The number of hydrogen-bond acceptors (Lipinski definition) is 5. The number of carbonyl (C=O) groups excluding carboxylic acids is 2. The van der Waals surface area contributed by atoms with Gasteiger partial charge in [-0.2, -0.15) is 0 Å². The summed E-state index contributed by atoms with van der Waals surface area (Å²) in [5, 5.41) is 3.24. The average Bonchev–Trinajstić information content (AvgIpc) is 2.65. The number of amides is 1. The van der Waals surface area contributed by atoms with Gasteiger partial charge in [-0.3, -0.25) is 4.79 Å². The maximum atomic E-state index is 12.0. The molecular formula is C13H19NO4S. The fourth-order valence-electron chi connectivity index (χ4n) is 1.81. The topological polar surface area (TPSA) is 64.6 Å². The smallest absolute Gasteiger partial charge is 0.341 e. The highest BCUT2D eigenvalue weighted by Crippen LogP contribution is 2.34. The van der Waals surface area contributed by atoms with Crippen molar-refractivity contribution >= 4 is 28.2 Å². The van der Waals surface area contributed by atoms with Gasteiger partial charge >= 0.3 is 5.97 Å². The van der Waals surface area contributed by atoms with Crippen LogP contribution in [0.25, 0.3) is 0 Å². The fourth-order valence-corrected chi connectivity index (χ4v) is 2.95. The first kappa shape index (κ1) is 15.7. The second-order valence-electron chi connectivity index (χ2n) is 3.90. The van der Waals surface area contributed by atoms with Crippen LogP contribution < -0.4 is 5.32 Å². The number of rotatable bonds is 6. The van der Waals surface area contributed by atoms with E-state index in [0.29, 0.717) is 17.2 Å². The molecule has 0 bridgehead atoms. The number of ether oxygens (including phenoxy) is 2. The standard InChI is InChI=1S/C13H19NO4S/c1-5-9-8(3)19-12(14-10(15)7-17-4)11(9)13(16)18-6-2/h5-7H2,1-4H3,(H,14,15). The second kappa shape index (κ2) is 7.25. The van der Waals surface area contributed by atoms with Crippen LogP contribution in [0.1, 0.15) is 34.6 Å². The van der Waals surface area contributed by atoms with Crippen LogP contribution in [0, 0.1) is 6.92 Å². The Balaban J connectivity index is 3.09. The van der Waals surface area contributed by atoms with Gasteiger partial charge in [-0.05, 0) is 25.8 Å². The van der Waals surface area contributed by atoms with E-state index in [0.717, 1.165) is 16.9 Å². The van der Waals surface area contributed by atoms with Gasteiger partial charge in [0.2, 0.25) is 0 Å². The Kier molecular flexibility index (Phi) is 5.98. The first-order valence-corrected chi connectivity index (χ1v) is 6.94. The zero-order chi connectivity index (χ0) is 14.4. The van der Waals surface area contributed by atoms with Gasteiger partial charge in [-0.1, -0.05) is 6.92 Å². The van der Waals surface area contributed by atoms with Gasteiger partial charge in [-0.15, -0.1) is 11.3 Å². The minimum Gasteiger partial charge on any atom is -0.462 e. The highest BCUT2D eigenvalue weighted by molar-refractivity contribution is 7.16. The number of methoxy groups -OCH3 is 1. The zero-order valence-corrected chi connectivity index (χ0v) is 12.5. The van der Waals surface area contributed by atoms with Crippen LogP contribution in [0.2, 0.25) is 0 Å². The van der Waals surface area contributed by atoms with Gasteiger partial charge in [0.25, 0.3) is 5.91 Å². The minimum absolute atomic E-state index is 0.0410. The molecule has 1 rings (SSSR count). The first-order valence-electron chi connectivity index (χ1n) is 6.13. The monoisotopic (exact) mass is 285 g/mol. The predicted octanol–water partition coefficient (Wildman–Crippen LogP) is 2.38. The van der Waals surface area contributed by atoms with Gasteiger partial charge in [0.05, 0.1) is 12.2 Å². The second-order valence-corrected chi connectivity index (χ2v) is 5.12. The number of thiophene rings is 1. The molecule has 19 heavy (non-hydrogen) atoms. The van der Waals surface area contributed by atoms with Crippen LogP contribution in [0.3, 0.4) is 0 Å². The third kappa shape index (κ3) is 3.78. The number of nitrogens with one attached hydrogen (secondary N) is 1. The van der Waals surface area contributed by atoms with Crippen molar-refractivity contribution in [3.05, 3.63) is 16.0 Å². The molecule has 0 aliphatic rings. The molecule has 0 spiro atoms. The molecule has 0 aromatic carbocycles. The lowest BCUT2D eigenvalue weighted by atomic mass is 10.1. The Hall–Kier alpha value is -1.40. The Morgan fingerprint density at radius 1 is 1.32 bits per heavy atom. The SMILES string of the molecule is CCOC(=O)c1c(NC(=O)COC)sc(C)c1CC. The molecule has 0 fully saturated rings. The molecule has 1 N–H and O–H groups in total. The Morgan fingerprint density at radius 3 is 2.53 bits per heavy atom. The molecule has 1 heterocycles. The third-order valence-electron chi connectivity index (χ3n) is 2.57. The van der Waals surface area contributed by atoms with E-state index in [1.54, 1.807) is 6.92 Å². The molecule has 1 aromatic rings. The molecule has 0 saturated carbocycles. The quantitative estimate of drug-likeness (QED) is 0.815. The summed E-state index contributed by atoms with van der Waals surface area (Å²) in [6.07, 6.45) is 0.719. The number of hydrogen-bond donors (Lipinski definition) is 1. The van der Waals surface area contributed by atoms with E-state index in [-0.39, 0.29) is 12.5 Å². The molecule has 1 amide bonds. The van der Waals surface area contributed by atoms with E-state index >= 15 is 0 Å². The van der Waals surface area contributed by atoms with Crippen LogP contribution in [-0.4, -0.2) is 32.2 Å². The van der Waals surface area contributed by atoms with Crippen LogP contribution in [-0.2, 0) is 20.7 Å². The molecule has 1 aromatic heterocycles. The van der Waals surface area contributed by atoms with E-state index in [9.17, 15) is 9.59 Å². The maximum absolute atomic E-state index is 12.0. The van der Waals surface area contributed by atoms with Gasteiger partial charge in [-0.25, -0.2) is 4.79 Å². The van der Waals surface area contributed by atoms with E-state index in [2.05, 4.69) is 5.32 Å². The van der Waals surface area contributed by atoms with E-state index in [4.69, 9.17) is 9.47 Å². The molecule has 0 radical (unpaired) electrons. The van der Waals surface area contributed by atoms with Crippen molar-refractivity contribution in [1.29, 1.82) is 0 Å². The van der Waals surface area contributed by atoms with Gasteiger partial charge < -0.3 is 14.8 Å². The van der Waals surface area contributed by atoms with Crippen LogP contribution >= 0.6 is 11.3 Å². The normalized spacial score (nSPS) is 10.3. The van der Waals surface area contributed by atoms with E-state index in [1.165, 1.54) is 18.4 Å². The number of carbonyl (C=O) groups is 2. The molecule has 0 saturated heterocycles. The third-order valence-corrected chi connectivity index (χ3v) is 3.63. The lowest BCUT2D eigenvalue weighted by Gasteiger charge is -2.07. The Morgan fingerprint density at radius 2 is 2.00 bits per heavy atom. The van der Waals surface area contributed by atoms with Crippen molar-refractivity contribution in [2.45, 2.75) is 27.2 Å². The Bertz CT molecular complexity index is 467. The maximum Gasteiger partial charge on any atom is 0.341 e. The lowest BCUT2D eigenvalue weighted by molar-refractivity contribution is -0.119. The minimum atomic E-state index is -0.392. The summed E-state index contributed by atoms with van der Waals surface area (Å²) in [5.41, 5.74) is 1.40. The van der Waals surface area contributed by atoms with Gasteiger partial charge in [0.15, 0.2) is 0 Å². The predicted molar refractivity (Wildman–Crippen MR) is 74.9 cm³/mol.